The normalized spacial score (nSPS) is 55.4. The Balaban J connectivity index is 1.32. The lowest BCUT2D eigenvalue weighted by molar-refractivity contribution is -0.110. The van der Waals surface area contributed by atoms with Gasteiger partial charge in [-0.05, 0) is 104 Å². The molecule has 160 valence electrons. The molecule has 1 N–H and O–H groups in total. The molecule has 5 aliphatic rings. The molecule has 5 saturated carbocycles. The predicted octanol–water partition coefficient (Wildman–Crippen LogP) is 7.22. The average Bonchev–Trinajstić information content (AvgIpc) is 2.95. The molecular formula is C27H46O. The van der Waals surface area contributed by atoms with Crippen LogP contribution in [0, 0.1) is 51.8 Å². The van der Waals surface area contributed by atoms with E-state index in [-0.39, 0.29) is 5.60 Å². The highest BCUT2D eigenvalue weighted by molar-refractivity contribution is 5.30. The molecule has 0 radical (unpaired) electrons. The van der Waals surface area contributed by atoms with E-state index in [1.54, 1.807) is 0 Å². The van der Waals surface area contributed by atoms with Gasteiger partial charge in [0.05, 0.1) is 5.60 Å². The van der Waals surface area contributed by atoms with Crippen molar-refractivity contribution in [3.05, 3.63) is 0 Å². The van der Waals surface area contributed by atoms with Gasteiger partial charge in [-0.1, -0.05) is 53.9 Å². The smallest absolute Gasteiger partial charge is 0.0716 e. The minimum absolute atomic E-state index is 0.253. The van der Waals surface area contributed by atoms with Gasteiger partial charge in [0.1, 0.15) is 0 Å². The van der Waals surface area contributed by atoms with Gasteiger partial charge in [0.25, 0.3) is 0 Å². The lowest BCUT2D eigenvalue weighted by atomic mass is 9.45. The van der Waals surface area contributed by atoms with Crippen molar-refractivity contribution >= 4 is 0 Å². The molecule has 0 aliphatic heterocycles. The fourth-order valence-electron chi connectivity index (χ4n) is 10.3. The van der Waals surface area contributed by atoms with E-state index in [0.717, 1.165) is 48.3 Å². The zero-order chi connectivity index (χ0) is 19.9. The van der Waals surface area contributed by atoms with E-state index in [0.29, 0.717) is 16.2 Å². The third-order valence-corrected chi connectivity index (χ3v) is 11.9. The summed E-state index contributed by atoms with van der Waals surface area (Å²) >= 11 is 0. The Morgan fingerprint density at radius 3 is 2.36 bits per heavy atom. The Kier molecular flexibility index (Phi) is 4.43. The highest BCUT2D eigenvalue weighted by Gasteiger charge is 2.81. The molecule has 1 heteroatoms. The molecule has 28 heavy (non-hydrogen) atoms. The minimum atomic E-state index is -0.253. The Morgan fingerprint density at radius 2 is 1.64 bits per heavy atom. The lowest BCUT2D eigenvalue weighted by Gasteiger charge is -2.59. The van der Waals surface area contributed by atoms with Gasteiger partial charge in [-0.25, -0.2) is 0 Å². The molecule has 1 spiro atoms. The van der Waals surface area contributed by atoms with Gasteiger partial charge in [0.15, 0.2) is 0 Å². The molecule has 9 atom stereocenters. The SMILES string of the molecule is CC(C)CCC[C@@H](C)[C@H]1CC[C@H]2[C@@H]3CC[C@]45C[C@]4(O)CC[C@]5(C)[C@H]3CC[C@]12C. The maximum absolute atomic E-state index is 11.1. The molecule has 0 heterocycles. The van der Waals surface area contributed by atoms with Gasteiger partial charge >= 0.3 is 0 Å². The molecule has 5 aliphatic carbocycles. The molecule has 0 aromatic carbocycles. The van der Waals surface area contributed by atoms with Crippen LogP contribution >= 0.6 is 0 Å². The maximum Gasteiger partial charge on any atom is 0.0716 e. The average molecular weight is 387 g/mol. The molecule has 0 unspecified atom stereocenters. The maximum atomic E-state index is 11.1. The molecule has 5 fully saturated rings. The van der Waals surface area contributed by atoms with Gasteiger partial charge in [0, 0.05) is 5.41 Å². The van der Waals surface area contributed by atoms with Crippen molar-refractivity contribution in [1.29, 1.82) is 0 Å². The summed E-state index contributed by atoms with van der Waals surface area (Å²) in [4.78, 5) is 0. The van der Waals surface area contributed by atoms with Crippen LogP contribution in [0.5, 0.6) is 0 Å². The van der Waals surface area contributed by atoms with Crippen molar-refractivity contribution in [3.63, 3.8) is 0 Å². The first-order valence-corrected chi connectivity index (χ1v) is 12.9. The van der Waals surface area contributed by atoms with Gasteiger partial charge in [-0.3, -0.25) is 0 Å². The van der Waals surface area contributed by atoms with E-state index < -0.39 is 0 Å². The van der Waals surface area contributed by atoms with Crippen LogP contribution in [0.3, 0.4) is 0 Å². The van der Waals surface area contributed by atoms with E-state index in [1.165, 1.54) is 64.2 Å². The van der Waals surface area contributed by atoms with Crippen LogP contribution in [0.4, 0.5) is 0 Å². The van der Waals surface area contributed by atoms with Crippen LogP contribution in [-0.4, -0.2) is 10.7 Å². The van der Waals surface area contributed by atoms with Gasteiger partial charge in [0.2, 0.25) is 0 Å². The highest BCUT2D eigenvalue weighted by atomic mass is 16.3. The first-order valence-electron chi connectivity index (χ1n) is 12.9. The Bertz CT molecular complexity index is 626. The van der Waals surface area contributed by atoms with Crippen molar-refractivity contribution < 1.29 is 5.11 Å². The van der Waals surface area contributed by atoms with E-state index in [1.807, 2.05) is 0 Å². The van der Waals surface area contributed by atoms with E-state index in [2.05, 4.69) is 34.6 Å². The minimum Gasteiger partial charge on any atom is -0.389 e. The topological polar surface area (TPSA) is 20.2 Å². The summed E-state index contributed by atoms with van der Waals surface area (Å²) < 4.78 is 0. The van der Waals surface area contributed by atoms with Gasteiger partial charge < -0.3 is 5.11 Å². The monoisotopic (exact) mass is 386 g/mol. The Labute approximate surface area is 174 Å². The van der Waals surface area contributed by atoms with Gasteiger partial charge in [-0.15, -0.1) is 0 Å². The van der Waals surface area contributed by atoms with Crippen LogP contribution in [0.1, 0.15) is 112 Å². The largest absolute Gasteiger partial charge is 0.389 e. The molecule has 0 bridgehead atoms. The summed E-state index contributed by atoms with van der Waals surface area (Å²) in [7, 11) is 0. The first-order chi connectivity index (χ1) is 13.2. The molecule has 0 amide bonds. The third kappa shape index (κ3) is 2.41. The summed E-state index contributed by atoms with van der Waals surface area (Å²) in [5.74, 6) is 5.59. The molecule has 0 aromatic heterocycles. The number of rotatable bonds is 5. The number of aliphatic hydroxyl groups is 1. The zero-order valence-electron chi connectivity index (χ0n) is 19.4. The first kappa shape index (κ1) is 19.9. The quantitative estimate of drug-likeness (QED) is 0.528. The van der Waals surface area contributed by atoms with Crippen LogP contribution in [0.25, 0.3) is 0 Å². The van der Waals surface area contributed by atoms with Crippen molar-refractivity contribution in [2.24, 2.45) is 51.8 Å². The summed E-state index contributed by atoms with van der Waals surface area (Å²) in [5.41, 5.74) is 1.14. The number of fused-ring (bicyclic) bond motifs is 4. The second-order valence-electron chi connectivity index (χ2n) is 13.2. The van der Waals surface area contributed by atoms with Crippen LogP contribution in [-0.2, 0) is 0 Å². The van der Waals surface area contributed by atoms with Crippen molar-refractivity contribution in [1.82, 2.24) is 0 Å². The van der Waals surface area contributed by atoms with E-state index >= 15 is 0 Å². The van der Waals surface area contributed by atoms with E-state index in [4.69, 9.17) is 0 Å². The predicted molar refractivity (Wildman–Crippen MR) is 117 cm³/mol. The third-order valence-electron chi connectivity index (χ3n) is 11.9. The summed E-state index contributed by atoms with van der Waals surface area (Å²) in [5, 5.41) is 11.1. The summed E-state index contributed by atoms with van der Waals surface area (Å²) in [6, 6.07) is 0. The molecule has 1 nitrogen and oxygen atoms in total. The Hall–Kier alpha value is -0.0400. The van der Waals surface area contributed by atoms with Crippen LogP contribution in [0.2, 0.25) is 0 Å². The zero-order valence-corrected chi connectivity index (χ0v) is 19.4. The second kappa shape index (κ2) is 6.24. The molecule has 5 rings (SSSR count). The van der Waals surface area contributed by atoms with Crippen molar-refractivity contribution in [2.45, 2.75) is 117 Å². The number of hydrogen-bond donors (Lipinski definition) is 1. The fourth-order valence-corrected chi connectivity index (χ4v) is 10.3. The molecular weight excluding hydrogens is 340 g/mol. The Morgan fingerprint density at radius 1 is 0.857 bits per heavy atom. The molecule has 0 aromatic rings. The van der Waals surface area contributed by atoms with Gasteiger partial charge in [-0.2, -0.15) is 0 Å². The summed E-state index contributed by atoms with van der Waals surface area (Å²) in [6.07, 6.45) is 16.5. The standard InChI is InChI=1S/C27H46O/c1-18(2)7-6-8-19(3)21-9-10-22-20-11-14-26-17-27(26,28)16-15-25(26,5)23(20)12-13-24(21,22)4/h18-23,28H,6-17H2,1-5H3/t19-,20+,21-,22+,23+,24-,25-,26-,27-/m1/s1. The van der Waals surface area contributed by atoms with Crippen LogP contribution < -0.4 is 0 Å². The molecule has 0 saturated heterocycles. The summed E-state index contributed by atoms with van der Waals surface area (Å²) in [6.45, 7) is 12.7. The van der Waals surface area contributed by atoms with E-state index in [9.17, 15) is 5.11 Å². The highest BCUT2D eigenvalue weighted by Crippen LogP contribution is 2.83. The number of hydrogen-bond acceptors (Lipinski definition) is 1. The van der Waals surface area contributed by atoms with Crippen molar-refractivity contribution in [3.8, 4) is 0 Å². The fraction of sp³-hybridized carbons (Fsp3) is 1.00. The second-order valence-corrected chi connectivity index (χ2v) is 13.2. The van der Waals surface area contributed by atoms with Crippen LogP contribution in [0.15, 0.2) is 0 Å². The van der Waals surface area contributed by atoms with Crippen molar-refractivity contribution in [2.75, 3.05) is 0 Å². The lowest BCUT2D eigenvalue weighted by Crippen LogP contribution is -2.52.